The number of nitrogens with two attached hydrogens (primary N) is 1. The number of aliphatic hydroxyl groups excluding tert-OH is 4. The number of amides is 3. The Labute approximate surface area is 286 Å². The van der Waals surface area contributed by atoms with Crippen molar-refractivity contribution in [2.75, 3.05) is 23.4 Å². The Balaban J connectivity index is 1.61. The number of carboxylic acids is 2. The van der Waals surface area contributed by atoms with Crippen LogP contribution in [0.3, 0.4) is 0 Å². The number of aliphatic carboxylic acids is 2. The van der Waals surface area contributed by atoms with Crippen LogP contribution in [0.25, 0.3) is 11.2 Å². The molecule has 6 atom stereocenters. The monoisotopic (exact) mass is 721 g/mol. The molecule has 0 aliphatic rings. The summed E-state index contributed by atoms with van der Waals surface area (Å²) in [5.74, 6) is -6.66. The van der Waals surface area contributed by atoms with Crippen LogP contribution >= 0.6 is 12.6 Å². The minimum atomic E-state index is -2.25. The van der Waals surface area contributed by atoms with Crippen LogP contribution in [0.2, 0.25) is 0 Å². The summed E-state index contributed by atoms with van der Waals surface area (Å²) in [6.07, 6.45) is -6.11. The number of hydrogen-bond acceptors (Lipinski definition) is 16. The van der Waals surface area contributed by atoms with Gasteiger partial charge in [0.05, 0.1) is 25.0 Å². The van der Waals surface area contributed by atoms with Gasteiger partial charge in [-0.2, -0.15) is 17.6 Å². The maximum absolute atomic E-state index is 12.8. The summed E-state index contributed by atoms with van der Waals surface area (Å²) < 4.78 is 0. The van der Waals surface area contributed by atoms with E-state index in [2.05, 4.69) is 43.2 Å². The van der Waals surface area contributed by atoms with Crippen molar-refractivity contribution in [3.63, 3.8) is 0 Å². The van der Waals surface area contributed by atoms with E-state index in [0.717, 1.165) is 0 Å². The highest BCUT2D eigenvalue weighted by atomic mass is 32.1. The number of H-pyrrole nitrogens is 1. The number of carboxylic acid groups (broad SMARTS) is 2. The average Bonchev–Trinajstić information content (AvgIpc) is 3.09. The van der Waals surface area contributed by atoms with E-state index in [1.807, 2.05) is 10.6 Å². The molecule has 0 spiro atoms. The summed E-state index contributed by atoms with van der Waals surface area (Å²) in [6, 6.07) is 0.574. The number of nitrogens with zero attached hydrogens (tertiary/aromatic N) is 3. The lowest BCUT2D eigenvalue weighted by Gasteiger charge is -2.29. The first-order valence-corrected chi connectivity index (χ1v) is 15.3. The normalized spacial score (nSPS) is 14.7. The molecule has 2 heterocycles. The van der Waals surface area contributed by atoms with Gasteiger partial charge < -0.3 is 57.6 Å². The van der Waals surface area contributed by atoms with Gasteiger partial charge in [0.25, 0.3) is 11.5 Å². The van der Waals surface area contributed by atoms with Gasteiger partial charge >= 0.3 is 11.9 Å². The molecule has 0 aliphatic carbocycles. The maximum Gasteiger partial charge on any atom is 0.327 e. The maximum atomic E-state index is 12.8. The third kappa shape index (κ3) is 10.5. The number of carbonyl (C=O) groups is 5. The van der Waals surface area contributed by atoms with Crippen molar-refractivity contribution in [3.05, 3.63) is 52.1 Å². The number of nitrogens with one attached hydrogen (secondary N) is 5. The highest BCUT2D eigenvalue weighted by Crippen LogP contribution is 2.13. The van der Waals surface area contributed by atoms with Crippen LogP contribution in [0.4, 0.5) is 11.6 Å². The molecule has 270 valence electrons. The zero-order valence-electron chi connectivity index (χ0n) is 25.9. The van der Waals surface area contributed by atoms with E-state index >= 15 is 0 Å². The molecule has 3 amide bonds. The topological polar surface area (TPSA) is 352 Å². The molecule has 13 N–H and O–H groups in total. The van der Waals surface area contributed by atoms with Gasteiger partial charge in [-0.15, -0.1) is 0 Å². The number of rotatable bonds is 18. The summed E-state index contributed by atoms with van der Waals surface area (Å²) in [4.78, 5) is 88.0. The van der Waals surface area contributed by atoms with Crippen LogP contribution in [-0.2, 0) is 25.7 Å². The largest absolute Gasteiger partial charge is 0.480 e. The predicted octanol–water partition coefficient (Wildman–Crippen LogP) is -4.07. The first kappa shape index (κ1) is 39.0. The van der Waals surface area contributed by atoms with E-state index < -0.39 is 96.9 Å². The van der Waals surface area contributed by atoms with Gasteiger partial charge in [0.1, 0.15) is 36.4 Å². The summed E-state index contributed by atoms with van der Waals surface area (Å²) in [5.41, 5.74) is 5.99. The fraction of sp³-hybridized carbons (Fsp3) is 0.393. The van der Waals surface area contributed by atoms with Gasteiger partial charge in [-0.05, 0) is 30.7 Å². The van der Waals surface area contributed by atoms with Crippen LogP contribution in [0.15, 0.2) is 35.3 Å². The van der Waals surface area contributed by atoms with Gasteiger partial charge in [-0.3, -0.25) is 24.2 Å². The van der Waals surface area contributed by atoms with E-state index in [9.17, 15) is 54.3 Å². The van der Waals surface area contributed by atoms with E-state index in [0.29, 0.717) is 11.4 Å². The molecule has 22 heteroatoms. The summed E-state index contributed by atoms with van der Waals surface area (Å²) in [6.45, 7) is -0.899. The molecule has 0 unspecified atom stereocenters. The lowest BCUT2D eigenvalue weighted by Crippen LogP contribution is -2.61. The SMILES string of the molecule is Nc1nc2ncc(CNc3ccc(C(=O)N[C@@H](CCC(=O)N[C@H](C(=O)N[C@H](CS)C(=O)O)[C@@H](O)[C@H](O)[C@H](O)CO)C(=O)O)cc3)nc2c(=O)[nH]1. The number of aliphatic hydroxyl groups is 4. The summed E-state index contributed by atoms with van der Waals surface area (Å²) >= 11 is 3.80. The van der Waals surface area contributed by atoms with Crippen molar-refractivity contribution in [2.24, 2.45) is 0 Å². The second kappa shape index (κ2) is 17.8. The Hall–Kier alpha value is -5.42. The third-order valence-corrected chi connectivity index (χ3v) is 7.40. The highest BCUT2D eigenvalue weighted by Gasteiger charge is 2.38. The second-order valence-electron chi connectivity index (χ2n) is 10.7. The highest BCUT2D eigenvalue weighted by molar-refractivity contribution is 7.80. The first-order valence-electron chi connectivity index (χ1n) is 14.6. The van der Waals surface area contributed by atoms with Gasteiger partial charge in [0, 0.05) is 23.4 Å². The molecule has 0 fully saturated rings. The number of hydrogen-bond donors (Lipinski definition) is 13. The first-order chi connectivity index (χ1) is 23.6. The molecule has 1 aromatic carbocycles. The van der Waals surface area contributed by atoms with Gasteiger partial charge in [-0.25, -0.2) is 19.6 Å². The Kier molecular flexibility index (Phi) is 13.9. The van der Waals surface area contributed by atoms with Crippen molar-refractivity contribution in [2.45, 2.75) is 55.8 Å². The third-order valence-electron chi connectivity index (χ3n) is 7.04. The summed E-state index contributed by atoms with van der Waals surface area (Å²) in [5, 5.41) is 67.5. The Morgan fingerprint density at radius 2 is 1.58 bits per heavy atom. The van der Waals surface area contributed by atoms with E-state index in [4.69, 9.17) is 10.8 Å². The molecule has 0 radical (unpaired) electrons. The lowest BCUT2D eigenvalue weighted by molar-refractivity contribution is -0.144. The fourth-order valence-electron chi connectivity index (χ4n) is 4.29. The number of aromatic nitrogens is 4. The number of anilines is 2. The molecule has 0 bridgehead atoms. The molecule has 3 aromatic rings. The zero-order chi connectivity index (χ0) is 37.1. The van der Waals surface area contributed by atoms with E-state index in [1.54, 1.807) is 0 Å². The van der Waals surface area contributed by atoms with Crippen LogP contribution in [0.1, 0.15) is 28.9 Å². The predicted molar refractivity (Wildman–Crippen MR) is 175 cm³/mol. The molecule has 21 nitrogen and oxygen atoms in total. The van der Waals surface area contributed by atoms with Crippen molar-refractivity contribution >= 4 is 65.1 Å². The molecular weight excluding hydrogens is 686 g/mol. The second-order valence-corrected chi connectivity index (χ2v) is 11.0. The fourth-order valence-corrected chi connectivity index (χ4v) is 4.54. The molecule has 50 heavy (non-hydrogen) atoms. The van der Waals surface area contributed by atoms with Crippen LogP contribution in [0.5, 0.6) is 0 Å². The molecule has 0 saturated heterocycles. The zero-order valence-corrected chi connectivity index (χ0v) is 26.8. The Morgan fingerprint density at radius 3 is 2.18 bits per heavy atom. The number of benzene rings is 1. The van der Waals surface area contributed by atoms with Crippen molar-refractivity contribution in [1.29, 1.82) is 0 Å². The molecule has 0 saturated carbocycles. The quantitative estimate of drug-likeness (QED) is 0.0555. The number of thiol groups is 1. The van der Waals surface area contributed by atoms with Gasteiger partial charge in [-0.1, -0.05) is 0 Å². The molecule has 3 rings (SSSR count). The van der Waals surface area contributed by atoms with Crippen molar-refractivity contribution in [1.82, 2.24) is 35.9 Å². The summed E-state index contributed by atoms with van der Waals surface area (Å²) in [7, 11) is 0. The van der Waals surface area contributed by atoms with Gasteiger partial charge in [0.2, 0.25) is 17.8 Å². The van der Waals surface area contributed by atoms with Crippen molar-refractivity contribution in [3.8, 4) is 0 Å². The van der Waals surface area contributed by atoms with Crippen LogP contribution in [0, 0.1) is 0 Å². The molecule has 2 aromatic heterocycles. The number of carbonyl (C=O) groups excluding carboxylic acids is 3. The number of fused-ring (bicyclic) bond motifs is 1. The molecular formula is C28H35N9O12S. The Bertz CT molecular complexity index is 1760. The molecule has 0 aliphatic heterocycles. The van der Waals surface area contributed by atoms with E-state index in [1.165, 1.54) is 30.5 Å². The van der Waals surface area contributed by atoms with Crippen LogP contribution < -0.4 is 32.6 Å². The van der Waals surface area contributed by atoms with Crippen molar-refractivity contribution < 1.29 is 54.6 Å². The Morgan fingerprint density at radius 1 is 0.920 bits per heavy atom. The van der Waals surface area contributed by atoms with Gasteiger partial charge in [0.15, 0.2) is 11.2 Å². The standard InChI is InChI=1S/C28H35N9O12S/c29-28-36-22-19(25(45)37-28)32-13(8-31-22)7-30-12-3-1-11(2-4-12)23(43)33-14(26(46)47)5-6-17(40)35-18(21(42)20(41)16(39)9-38)24(44)34-15(10-50)27(48)49/h1-4,8,14-16,18,20-21,30,38-39,41-42,50H,5-7,9-10H2,(H,33,43)(H,34,44)(H,35,40)(H,46,47)(H,48,49)(H3,29,31,36,37,45)/t14-,15+,16+,18-,20+,21+/m0/s1. The number of nitrogen functional groups attached to an aromatic ring is 1. The lowest BCUT2D eigenvalue weighted by atomic mass is 9.99. The number of aromatic amines is 1. The van der Waals surface area contributed by atoms with Crippen LogP contribution in [-0.4, -0.2) is 129 Å². The minimum absolute atomic E-state index is 0.00583. The average molecular weight is 722 g/mol. The van der Waals surface area contributed by atoms with E-state index in [-0.39, 0.29) is 29.2 Å². The minimum Gasteiger partial charge on any atom is -0.480 e. The smallest absolute Gasteiger partial charge is 0.327 e.